The van der Waals surface area contributed by atoms with Crippen molar-refractivity contribution >= 4 is 0 Å². The Balaban J connectivity index is 2.05. The fraction of sp³-hybridized carbons (Fsp3) is 1.00. The van der Waals surface area contributed by atoms with E-state index in [-0.39, 0.29) is 5.54 Å². The van der Waals surface area contributed by atoms with E-state index in [2.05, 4.69) is 24.5 Å². The van der Waals surface area contributed by atoms with Crippen LogP contribution in [0, 0.1) is 11.8 Å². The lowest BCUT2D eigenvalue weighted by atomic mass is 9.82. The number of fused-ring (bicyclic) bond motifs is 1. The fourth-order valence-electron chi connectivity index (χ4n) is 2.99. The van der Waals surface area contributed by atoms with Crippen molar-refractivity contribution in [3.63, 3.8) is 0 Å². The van der Waals surface area contributed by atoms with Crippen molar-refractivity contribution in [3.8, 4) is 0 Å². The first-order valence-electron chi connectivity index (χ1n) is 5.33. The van der Waals surface area contributed by atoms with Gasteiger partial charge in [-0.25, -0.2) is 5.43 Å². The summed E-state index contributed by atoms with van der Waals surface area (Å²) in [5.74, 6) is 1.83. The first-order chi connectivity index (χ1) is 6.18. The fourth-order valence-corrected chi connectivity index (χ4v) is 2.99. The number of nitrogens with one attached hydrogen (secondary N) is 1. The summed E-state index contributed by atoms with van der Waals surface area (Å²) in [6.45, 7) is 0.784. The van der Waals surface area contributed by atoms with Crippen LogP contribution in [0.2, 0.25) is 0 Å². The van der Waals surface area contributed by atoms with Gasteiger partial charge in [0, 0.05) is 26.2 Å². The molecule has 2 aliphatic rings. The molecule has 0 saturated heterocycles. The molecule has 76 valence electrons. The van der Waals surface area contributed by atoms with Gasteiger partial charge in [-0.15, -0.1) is 0 Å². The largest absolute Gasteiger partial charge is 0.329 e. The van der Waals surface area contributed by atoms with E-state index >= 15 is 0 Å². The van der Waals surface area contributed by atoms with Crippen LogP contribution in [0.15, 0.2) is 0 Å². The summed E-state index contributed by atoms with van der Waals surface area (Å²) < 4.78 is 0. The predicted molar refractivity (Wildman–Crippen MR) is 54.1 cm³/mol. The molecule has 0 heterocycles. The molecule has 0 spiro atoms. The van der Waals surface area contributed by atoms with Gasteiger partial charge in [0.2, 0.25) is 0 Å². The molecule has 3 unspecified atom stereocenters. The van der Waals surface area contributed by atoms with Crippen LogP contribution in [0.5, 0.6) is 0 Å². The van der Waals surface area contributed by atoms with Crippen LogP contribution in [-0.2, 0) is 0 Å². The van der Waals surface area contributed by atoms with E-state index in [4.69, 9.17) is 5.73 Å². The third-order valence-corrected chi connectivity index (χ3v) is 3.64. The average molecular weight is 183 g/mol. The van der Waals surface area contributed by atoms with Crippen LogP contribution >= 0.6 is 0 Å². The molecule has 3 atom stereocenters. The van der Waals surface area contributed by atoms with E-state index in [1.807, 2.05) is 0 Å². The topological polar surface area (TPSA) is 41.3 Å². The Bertz CT molecular complexity index is 193. The molecule has 2 aliphatic carbocycles. The molecular formula is C10H21N3. The molecule has 2 rings (SSSR count). The number of rotatable bonds is 3. The highest BCUT2D eigenvalue weighted by Gasteiger charge is 2.54. The maximum atomic E-state index is 5.91. The third kappa shape index (κ3) is 1.60. The molecule has 0 radical (unpaired) electrons. The Hall–Kier alpha value is -0.120. The van der Waals surface area contributed by atoms with E-state index in [1.54, 1.807) is 0 Å². The molecule has 0 aromatic carbocycles. The van der Waals surface area contributed by atoms with Crippen molar-refractivity contribution in [2.45, 2.75) is 31.2 Å². The molecule has 0 aromatic heterocycles. The van der Waals surface area contributed by atoms with Crippen LogP contribution in [0.3, 0.4) is 0 Å². The molecule has 2 fully saturated rings. The minimum atomic E-state index is 0.229. The Kier molecular flexibility index (Phi) is 2.34. The SMILES string of the molecule is CN(C)NC1(CN)CCCC2CC21. The lowest BCUT2D eigenvalue weighted by Gasteiger charge is -2.39. The molecule has 3 nitrogen and oxygen atoms in total. The molecule has 2 saturated carbocycles. The van der Waals surface area contributed by atoms with Crippen LogP contribution in [-0.4, -0.2) is 31.2 Å². The number of nitrogens with two attached hydrogens (primary N) is 1. The molecule has 0 aromatic rings. The second kappa shape index (κ2) is 3.23. The second-order valence-corrected chi connectivity index (χ2v) is 4.86. The lowest BCUT2D eigenvalue weighted by Crippen LogP contribution is -2.59. The van der Waals surface area contributed by atoms with Crippen LogP contribution in [0.25, 0.3) is 0 Å². The first kappa shape index (κ1) is 9.44. The maximum Gasteiger partial charge on any atom is 0.0478 e. The number of nitrogens with zero attached hydrogens (tertiary/aromatic N) is 1. The molecule has 3 N–H and O–H groups in total. The minimum Gasteiger partial charge on any atom is -0.329 e. The molecular weight excluding hydrogens is 162 g/mol. The molecule has 3 heteroatoms. The summed E-state index contributed by atoms with van der Waals surface area (Å²) in [5, 5.41) is 2.06. The van der Waals surface area contributed by atoms with E-state index < -0.39 is 0 Å². The summed E-state index contributed by atoms with van der Waals surface area (Å²) in [7, 11) is 4.12. The summed E-state index contributed by atoms with van der Waals surface area (Å²) in [6, 6.07) is 0. The van der Waals surface area contributed by atoms with Crippen molar-refractivity contribution in [3.05, 3.63) is 0 Å². The zero-order chi connectivity index (χ0) is 9.47. The Morgan fingerprint density at radius 1 is 1.54 bits per heavy atom. The van der Waals surface area contributed by atoms with Gasteiger partial charge < -0.3 is 5.73 Å². The maximum absolute atomic E-state index is 5.91. The zero-order valence-corrected chi connectivity index (χ0v) is 8.71. The Morgan fingerprint density at radius 3 is 2.92 bits per heavy atom. The van der Waals surface area contributed by atoms with Crippen LogP contribution < -0.4 is 11.2 Å². The quantitative estimate of drug-likeness (QED) is 0.629. The molecule has 0 amide bonds. The normalized spacial score (nSPS) is 43.4. The van der Waals surface area contributed by atoms with Gasteiger partial charge in [-0.2, -0.15) is 0 Å². The van der Waals surface area contributed by atoms with Gasteiger partial charge in [0.1, 0.15) is 0 Å². The number of hydrazine groups is 1. The average Bonchev–Trinajstić information content (AvgIpc) is 2.83. The van der Waals surface area contributed by atoms with Crippen molar-refractivity contribution in [2.75, 3.05) is 20.6 Å². The summed E-state index contributed by atoms with van der Waals surface area (Å²) >= 11 is 0. The number of hydrogen-bond acceptors (Lipinski definition) is 3. The van der Waals surface area contributed by atoms with Gasteiger partial charge in [-0.3, -0.25) is 5.01 Å². The van der Waals surface area contributed by atoms with Gasteiger partial charge in [-0.05, 0) is 24.7 Å². The van der Waals surface area contributed by atoms with Crippen molar-refractivity contribution < 1.29 is 0 Å². The summed E-state index contributed by atoms with van der Waals surface area (Å²) in [5.41, 5.74) is 9.69. The van der Waals surface area contributed by atoms with Gasteiger partial charge in [0.15, 0.2) is 0 Å². The monoisotopic (exact) mass is 183 g/mol. The molecule has 0 aliphatic heterocycles. The lowest BCUT2D eigenvalue weighted by molar-refractivity contribution is 0.110. The summed E-state index contributed by atoms with van der Waals surface area (Å²) in [4.78, 5) is 0. The van der Waals surface area contributed by atoms with E-state index in [1.165, 1.54) is 25.7 Å². The highest BCUT2D eigenvalue weighted by molar-refractivity contribution is 5.08. The first-order valence-corrected chi connectivity index (χ1v) is 5.33. The smallest absolute Gasteiger partial charge is 0.0478 e. The highest BCUT2D eigenvalue weighted by Crippen LogP contribution is 2.54. The highest BCUT2D eigenvalue weighted by atomic mass is 15.5. The van der Waals surface area contributed by atoms with Crippen molar-refractivity contribution in [1.82, 2.24) is 10.4 Å². The van der Waals surface area contributed by atoms with E-state index in [9.17, 15) is 0 Å². The van der Waals surface area contributed by atoms with Gasteiger partial charge in [-0.1, -0.05) is 12.8 Å². The van der Waals surface area contributed by atoms with Crippen LogP contribution in [0.1, 0.15) is 25.7 Å². The van der Waals surface area contributed by atoms with Crippen LogP contribution in [0.4, 0.5) is 0 Å². The molecule has 13 heavy (non-hydrogen) atoms. The van der Waals surface area contributed by atoms with E-state index in [0.717, 1.165) is 18.4 Å². The van der Waals surface area contributed by atoms with Gasteiger partial charge >= 0.3 is 0 Å². The minimum absolute atomic E-state index is 0.229. The summed E-state index contributed by atoms with van der Waals surface area (Å²) in [6.07, 6.45) is 5.43. The Morgan fingerprint density at radius 2 is 2.31 bits per heavy atom. The van der Waals surface area contributed by atoms with Gasteiger partial charge in [0.05, 0.1) is 0 Å². The van der Waals surface area contributed by atoms with Crippen molar-refractivity contribution in [2.24, 2.45) is 17.6 Å². The standard InChI is InChI=1S/C10H21N3/c1-13(2)12-10(7-11)5-3-4-8-6-9(8)10/h8-9,12H,3-7,11H2,1-2H3. The number of hydrogen-bond donors (Lipinski definition) is 2. The Labute approximate surface area is 80.6 Å². The van der Waals surface area contributed by atoms with Gasteiger partial charge in [0.25, 0.3) is 0 Å². The third-order valence-electron chi connectivity index (χ3n) is 3.64. The molecule has 0 bridgehead atoms. The zero-order valence-electron chi connectivity index (χ0n) is 8.71. The van der Waals surface area contributed by atoms with Crippen molar-refractivity contribution in [1.29, 1.82) is 0 Å². The predicted octanol–water partition coefficient (Wildman–Crippen LogP) is 0.570. The second-order valence-electron chi connectivity index (χ2n) is 4.86. The van der Waals surface area contributed by atoms with E-state index in [0.29, 0.717) is 0 Å².